The van der Waals surface area contributed by atoms with Gasteiger partial charge in [-0.2, -0.15) is 0 Å². The van der Waals surface area contributed by atoms with E-state index < -0.39 is 0 Å². The molecule has 3 aromatic rings. The van der Waals surface area contributed by atoms with Gasteiger partial charge in [0.1, 0.15) is 11.5 Å². The summed E-state index contributed by atoms with van der Waals surface area (Å²) in [5, 5.41) is 5.50. The summed E-state index contributed by atoms with van der Waals surface area (Å²) in [4.78, 5) is 27.4. The molecular formula is C21H19N3O3. The van der Waals surface area contributed by atoms with E-state index >= 15 is 0 Å². The molecule has 6 nitrogen and oxygen atoms in total. The Labute approximate surface area is 157 Å². The van der Waals surface area contributed by atoms with Crippen molar-refractivity contribution in [2.24, 2.45) is 0 Å². The lowest BCUT2D eigenvalue weighted by molar-refractivity contribution is 0.101. The molecule has 0 aliphatic carbocycles. The van der Waals surface area contributed by atoms with Crippen molar-refractivity contribution < 1.29 is 14.3 Å². The Morgan fingerprint density at radius 1 is 0.963 bits per heavy atom. The molecule has 0 radical (unpaired) electrons. The Hall–Kier alpha value is -3.67. The van der Waals surface area contributed by atoms with Gasteiger partial charge in [0, 0.05) is 30.2 Å². The van der Waals surface area contributed by atoms with Gasteiger partial charge in [0.05, 0.1) is 0 Å². The highest BCUT2D eigenvalue weighted by molar-refractivity contribution is 5.96. The van der Waals surface area contributed by atoms with Crippen LogP contribution in [0.25, 0.3) is 0 Å². The summed E-state index contributed by atoms with van der Waals surface area (Å²) < 4.78 is 5.70. The molecule has 0 saturated heterocycles. The van der Waals surface area contributed by atoms with E-state index in [0.717, 1.165) is 5.56 Å². The molecule has 0 atom stereocenters. The third-order valence-electron chi connectivity index (χ3n) is 3.79. The van der Waals surface area contributed by atoms with Gasteiger partial charge in [-0.3, -0.25) is 9.78 Å². The number of pyridine rings is 1. The lowest BCUT2D eigenvalue weighted by Crippen LogP contribution is -2.28. The standard InChI is InChI=1S/C21H19N3O3/c1-15(25)17-3-2-4-18(13-17)24-21(26)23-14-16-5-7-19(8-6-16)27-20-9-11-22-12-10-20/h2-13H,14H2,1H3,(H2,23,24,26). The van der Waals surface area contributed by atoms with Crippen LogP contribution < -0.4 is 15.4 Å². The first kappa shape index (κ1) is 18.1. The van der Waals surface area contributed by atoms with Crippen LogP contribution in [0.15, 0.2) is 73.1 Å². The minimum absolute atomic E-state index is 0.0480. The number of rotatable bonds is 6. The van der Waals surface area contributed by atoms with Crippen LogP contribution in [-0.2, 0) is 6.54 Å². The molecule has 0 bridgehead atoms. The molecule has 2 amide bonds. The molecule has 0 spiro atoms. The number of ether oxygens (including phenoxy) is 1. The Morgan fingerprint density at radius 3 is 2.37 bits per heavy atom. The van der Waals surface area contributed by atoms with Crippen molar-refractivity contribution in [3.8, 4) is 11.5 Å². The van der Waals surface area contributed by atoms with Crippen molar-refractivity contribution >= 4 is 17.5 Å². The van der Waals surface area contributed by atoms with Crippen LogP contribution in [0.4, 0.5) is 10.5 Å². The molecule has 2 aromatic carbocycles. The van der Waals surface area contributed by atoms with Gasteiger partial charge in [-0.15, -0.1) is 0 Å². The van der Waals surface area contributed by atoms with Crippen molar-refractivity contribution in [3.63, 3.8) is 0 Å². The lowest BCUT2D eigenvalue weighted by Gasteiger charge is -2.09. The maximum atomic E-state index is 12.0. The first-order valence-electron chi connectivity index (χ1n) is 8.43. The van der Waals surface area contributed by atoms with Crippen molar-refractivity contribution in [1.82, 2.24) is 10.3 Å². The summed E-state index contributed by atoms with van der Waals surface area (Å²) in [5.41, 5.74) is 2.06. The van der Waals surface area contributed by atoms with Gasteiger partial charge in [-0.1, -0.05) is 24.3 Å². The average Bonchev–Trinajstić information content (AvgIpc) is 2.68. The zero-order valence-corrected chi connectivity index (χ0v) is 14.8. The van der Waals surface area contributed by atoms with E-state index in [1.807, 2.05) is 24.3 Å². The van der Waals surface area contributed by atoms with Crippen molar-refractivity contribution in [1.29, 1.82) is 0 Å². The molecule has 1 aromatic heterocycles. The summed E-state index contributed by atoms with van der Waals surface area (Å²) in [6.45, 7) is 1.86. The van der Waals surface area contributed by atoms with E-state index in [1.165, 1.54) is 6.92 Å². The normalized spacial score (nSPS) is 10.1. The second-order valence-electron chi connectivity index (χ2n) is 5.87. The van der Waals surface area contributed by atoms with Crippen LogP contribution >= 0.6 is 0 Å². The zero-order valence-electron chi connectivity index (χ0n) is 14.8. The molecule has 0 unspecified atom stereocenters. The number of benzene rings is 2. The number of hydrogen-bond acceptors (Lipinski definition) is 4. The zero-order chi connectivity index (χ0) is 19.1. The maximum absolute atomic E-state index is 12.0. The van der Waals surface area contributed by atoms with E-state index in [-0.39, 0.29) is 11.8 Å². The maximum Gasteiger partial charge on any atom is 0.319 e. The van der Waals surface area contributed by atoms with E-state index in [4.69, 9.17) is 4.74 Å². The van der Waals surface area contributed by atoms with Gasteiger partial charge in [-0.05, 0) is 48.9 Å². The first-order chi connectivity index (χ1) is 13.1. The van der Waals surface area contributed by atoms with Crippen LogP contribution in [0.1, 0.15) is 22.8 Å². The predicted molar refractivity (Wildman–Crippen MR) is 103 cm³/mol. The molecule has 0 aliphatic rings. The second-order valence-corrected chi connectivity index (χ2v) is 5.87. The number of carbonyl (C=O) groups is 2. The smallest absolute Gasteiger partial charge is 0.319 e. The number of aromatic nitrogens is 1. The highest BCUT2D eigenvalue weighted by Gasteiger charge is 2.05. The molecule has 6 heteroatoms. The Balaban J connectivity index is 1.51. The number of amides is 2. The molecule has 2 N–H and O–H groups in total. The van der Waals surface area contributed by atoms with Crippen LogP contribution in [-0.4, -0.2) is 16.8 Å². The number of Topliss-reactive ketones (excluding diaryl/α,β-unsaturated/α-hetero) is 1. The van der Waals surface area contributed by atoms with Gasteiger partial charge in [0.2, 0.25) is 0 Å². The highest BCUT2D eigenvalue weighted by atomic mass is 16.5. The molecule has 27 heavy (non-hydrogen) atoms. The SMILES string of the molecule is CC(=O)c1cccc(NC(=O)NCc2ccc(Oc3ccncc3)cc2)c1. The summed E-state index contributed by atoms with van der Waals surface area (Å²) in [6.07, 6.45) is 3.33. The number of carbonyl (C=O) groups excluding carboxylic acids is 2. The van der Waals surface area contributed by atoms with Gasteiger partial charge >= 0.3 is 6.03 Å². The fraction of sp³-hybridized carbons (Fsp3) is 0.0952. The minimum Gasteiger partial charge on any atom is -0.457 e. The molecule has 0 aliphatic heterocycles. The Bertz CT molecular complexity index is 925. The monoisotopic (exact) mass is 361 g/mol. The van der Waals surface area contributed by atoms with Crippen molar-refractivity contribution in [2.45, 2.75) is 13.5 Å². The summed E-state index contributed by atoms with van der Waals surface area (Å²) in [7, 11) is 0. The van der Waals surface area contributed by atoms with Gasteiger partial charge in [0.15, 0.2) is 5.78 Å². The first-order valence-corrected chi connectivity index (χ1v) is 8.43. The number of urea groups is 1. The van der Waals surface area contributed by atoms with Crippen LogP contribution in [0.3, 0.4) is 0 Å². The van der Waals surface area contributed by atoms with Crippen LogP contribution in [0.5, 0.6) is 11.5 Å². The minimum atomic E-state index is -0.340. The number of nitrogens with zero attached hydrogens (tertiary/aromatic N) is 1. The number of ketones is 1. The van der Waals surface area contributed by atoms with Gasteiger partial charge < -0.3 is 15.4 Å². The number of hydrogen-bond donors (Lipinski definition) is 2. The molecule has 0 fully saturated rings. The molecular weight excluding hydrogens is 342 g/mol. The quantitative estimate of drug-likeness (QED) is 0.638. The Kier molecular flexibility index (Phi) is 5.79. The van der Waals surface area contributed by atoms with Crippen LogP contribution in [0.2, 0.25) is 0 Å². The number of nitrogens with one attached hydrogen (secondary N) is 2. The molecule has 3 rings (SSSR count). The largest absolute Gasteiger partial charge is 0.457 e. The molecule has 0 saturated carbocycles. The second kappa shape index (κ2) is 8.62. The lowest BCUT2D eigenvalue weighted by atomic mass is 10.1. The van der Waals surface area contributed by atoms with E-state index in [0.29, 0.717) is 29.3 Å². The fourth-order valence-corrected chi connectivity index (χ4v) is 2.39. The van der Waals surface area contributed by atoms with Gasteiger partial charge in [0.25, 0.3) is 0 Å². The third kappa shape index (κ3) is 5.40. The fourth-order valence-electron chi connectivity index (χ4n) is 2.39. The molecule has 136 valence electrons. The Morgan fingerprint density at radius 2 is 1.67 bits per heavy atom. The van der Waals surface area contributed by atoms with Gasteiger partial charge in [-0.25, -0.2) is 4.79 Å². The molecule has 1 heterocycles. The third-order valence-corrected chi connectivity index (χ3v) is 3.79. The topological polar surface area (TPSA) is 80.3 Å². The van der Waals surface area contributed by atoms with Crippen molar-refractivity contribution in [3.05, 3.63) is 84.2 Å². The summed E-state index contributed by atoms with van der Waals surface area (Å²) >= 11 is 0. The summed E-state index contributed by atoms with van der Waals surface area (Å²) in [6, 6.07) is 17.5. The van der Waals surface area contributed by atoms with E-state index in [9.17, 15) is 9.59 Å². The van der Waals surface area contributed by atoms with Crippen molar-refractivity contribution in [2.75, 3.05) is 5.32 Å². The summed E-state index contributed by atoms with van der Waals surface area (Å²) in [5.74, 6) is 1.37. The van der Waals surface area contributed by atoms with E-state index in [1.54, 1.807) is 48.8 Å². The van der Waals surface area contributed by atoms with E-state index in [2.05, 4.69) is 15.6 Å². The average molecular weight is 361 g/mol. The van der Waals surface area contributed by atoms with Crippen LogP contribution in [0, 0.1) is 0 Å². The predicted octanol–water partition coefficient (Wildman–Crippen LogP) is 4.40. The number of anilines is 1. The highest BCUT2D eigenvalue weighted by Crippen LogP contribution is 2.20.